The number of fused-ring (bicyclic) bond motifs is 1. The van der Waals surface area contributed by atoms with Crippen LogP contribution in [0.4, 0.5) is 14.9 Å². The summed E-state index contributed by atoms with van der Waals surface area (Å²) in [6.45, 7) is 5.37. The van der Waals surface area contributed by atoms with Gasteiger partial charge in [-0.25, -0.2) is 17.6 Å². The summed E-state index contributed by atoms with van der Waals surface area (Å²) in [5.74, 6) is -0.761. The molecule has 1 aliphatic rings. The molecule has 0 aliphatic heterocycles. The van der Waals surface area contributed by atoms with Crippen LogP contribution in [0.25, 0.3) is 10.9 Å². The predicted molar refractivity (Wildman–Crippen MR) is 142 cm³/mol. The maximum Gasteiger partial charge on any atom is 0.407 e. The molecule has 1 amide bonds. The number of carbonyl (C=O) groups is 1. The van der Waals surface area contributed by atoms with Crippen LogP contribution in [0.2, 0.25) is 10.0 Å². The minimum absolute atomic E-state index is 0.139. The van der Waals surface area contributed by atoms with Gasteiger partial charge in [0.05, 0.1) is 21.2 Å². The zero-order chi connectivity index (χ0) is 27.0. The Morgan fingerprint density at radius 3 is 2.59 bits per heavy atom. The number of ether oxygens (including phenoxy) is 2. The summed E-state index contributed by atoms with van der Waals surface area (Å²) in [6.07, 6.45) is 3.55. The van der Waals surface area contributed by atoms with E-state index < -0.39 is 32.4 Å². The van der Waals surface area contributed by atoms with Gasteiger partial charge in [-0.05, 0) is 64.3 Å². The Morgan fingerprint density at radius 1 is 1.14 bits per heavy atom. The van der Waals surface area contributed by atoms with Crippen molar-refractivity contribution >= 4 is 55.9 Å². The van der Waals surface area contributed by atoms with Gasteiger partial charge in [0.2, 0.25) is 0 Å². The monoisotopic (exact) mass is 571 g/mol. The number of rotatable bonds is 6. The first kappa shape index (κ1) is 27.3. The fourth-order valence-corrected chi connectivity index (χ4v) is 5.97. The van der Waals surface area contributed by atoms with Gasteiger partial charge in [0.1, 0.15) is 28.2 Å². The van der Waals surface area contributed by atoms with Crippen molar-refractivity contribution in [2.24, 2.45) is 0 Å². The zero-order valence-electron chi connectivity index (χ0n) is 20.5. The quantitative estimate of drug-likeness (QED) is 0.307. The van der Waals surface area contributed by atoms with Gasteiger partial charge >= 0.3 is 6.09 Å². The highest BCUT2D eigenvalue weighted by atomic mass is 35.5. The van der Waals surface area contributed by atoms with E-state index in [9.17, 15) is 17.6 Å². The zero-order valence-corrected chi connectivity index (χ0v) is 22.9. The van der Waals surface area contributed by atoms with E-state index in [1.165, 1.54) is 24.4 Å². The van der Waals surface area contributed by atoms with E-state index in [2.05, 4.69) is 15.0 Å². The van der Waals surface area contributed by atoms with Crippen molar-refractivity contribution in [3.05, 3.63) is 52.4 Å². The van der Waals surface area contributed by atoms with E-state index in [1.54, 1.807) is 20.8 Å². The maximum atomic E-state index is 15.0. The Hall–Kier alpha value is -2.69. The predicted octanol–water partition coefficient (Wildman–Crippen LogP) is 6.63. The van der Waals surface area contributed by atoms with Gasteiger partial charge < -0.3 is 19.8 Å². The smallest absolute Gasteiger partial charge is 0.407 e. The molecule has 0 unspecified atom stereocenters. The van der Waals surface area contributed by atoms with Crippen molar-refractivity contribution in [1.82, 2.24) is 10.3 Å². The van der Waals surface area contributed by atoms with Crippen molar-refractivity contribution in [3.63, 3.8) is 0 Å². The lowest BCUT2D eigenvalue weighted by Crippen LogP contribution is -2.43. The van der Waals surface area contributed by atoms with Crippen LogP contribution in [0.3, 0.4) is 0 Å². The number of halogens is 3. The number of anilines is 1. The van der Waals surface area contributed by atoms with Gasteiger partial charge in [0, 0.05) is 30.1 Å². The third kappa shape index (κ3) is 6.61. The molecule has 4 rings (SSSR count). The van der Waals surface area contributed by atoms with Crippen LogP contribution in [-0.4, -0.2) is 37.2 Å². The van der Waals surface area contributed by atoms with Gasteiger partial charge in [-0.3, -0.25) is 4.72 Å². The standard InChI is InChI=1S/C25H28Cl2FN3O5S/c1-25(2,3)36-24(32)30-14-5-4-6-15(11-14)35-16-7-10-21(19(28)12-16)37(33,34)31-20-9-8-17(26)22-18(27)13-29-23(20)22/h7-10,12-15,29,31H,4-6,11H2,1-3H3,(H,30,32)/t14-,15-/m1/s1. The molecule has 1 heterocycles. The molecule has 1 fully saturated rings. The van der Waals surface area contributed by atoms with Gasteiger partial charge in [0.15, 0.2) is 0 Å². The minimum Gasteiger partial charge on any atom is -0.490 e. The van der Waals surface area contributed by atoms with Crippen LogP contribution >= 0.6 is 23.2 Å². The Kier molecular flexibility index (Phi) is 7.83. The van der Waals surface area contributed by atoms with Crippen molar-refractivity contribution in [3.8, 4) is 5.75 Å². The molecular formula is C25H28Cl2FN3O5S. The molecule has 2 aromatic carbocycles. The lowest BCUT2D eigenvalue weighted by Gasteiger charge is -2.31. The number of H-pyrrole nitrogens is 1. The normalized spacial score (nSPS) is 18.4. The van der Waals surface area contributed by atoms with Gasteiger partial charge in [-0.15, -0.1) is 0 Å². The summed E-state index contributed by atoms with van der Waals surface area (Å²) in [5, 5.41) is 3.99. The molecule has 0 bridgehead atoms. The summed E-state index contributed by atoms with van der Waals surface area (Å²) in [5.41, 5.74) is -0.0398. The number of sulfonamides is 1. The number of alkyl carbamates (subject to hydrolysis) is 1. The number of hydrogen-bond donors (Lipinski definition) is 3. The highest BCUT2D eigenvalue weighted by Gasteiger charge is 2.28. The van der Waals surface area contributed by atoms with Crippen molar-refractivity contribution < 1.29 is 27.1 Å². The van der Waals surface area contributed by atoms with Crippen LogP contribution in [0.5, 0.6) is 5.75 Å². The summed E-state index contributed by atoms with van der Waals surface area (Å²) in [4.78, 5) is 14.4. The minimum atomic E-state index is -4.27. The van der Waals surface area contributed by atoms with Crippen molar-refractivity contribution in [2.75, 3.05) is 4.72 Å². The van der Waals surface area contributed by atoms with Crippen molar-refractivity contribution in [2.45, 2.75) is 69.1 Å². The molecule has 1 aliphatic carbocycles. The fraction of sp³-hybridized carbons (Fsp3) is 0.400. The molecule has 1 aromatic heterocycles. The molecule has 8 nitrogen and oxygen atoms in total. The lowest BCUT2D eigenvalue weighted by atomic mass is 9.93. The summed E-state index contributed by atoms with van der Waals surface area (Å²) >= 11 is 12.3. The lowest BCUT2D eigenvalue weighted by molar-refractivity contribution is 0.0463. The highest BCUT2D eigenvalue weighted by molar-refractivity contribution is 7.92. The molecular weight excluding hydrogens is 544 g/mol. The van der Waals surface area contributed by atoms with Crippen LogP contribution in [0.1, 0.15) is 46.5 Å². The van der Waals surface area contributed by atoms with Crippen LogP contribution in [0, 0.1) is 5.82 Å². The largest absolute Gasteiger partial charge is 0.490 e. The van der Waals surface area contributed by atoms with Gasteiger partial charge in [-0.1, -0.05) is 23.2 Å². The Morgan fingerprint density at radius 2 is 1.89 bits per heavy atom. The SMILES string of the molecule is CC(C)(C)OC(=O)N[C@@H]1CCC[C@@H](Oc2ccc(S(=O)(=O)Nc3ccc(Cl)c4c(Cl)c[nH]c34)c(F)c2)C1. The fourth-order valence-electron chi connectivity index (χ4n) is 4.28. The molecule has 0 saturated heterocycles. The molecule has 37 heavy (non-hydrogen) atoms. The number of benzene rings is 2. The maximum absolute atomic E-state index is 15.0. The second kappa shape index (κ2) is 10.6. The Bertz CT molecular complexity index is 1420. The Labute approximate surface area is 224 Å². The first-order valence-corrected chi connectivity index (χ1v) is 14.0. The van der Waals surface area contributed by atoms with E-state index >= 15 is 0 Å². The number of hydrogen-bond acceptors (Lipinski definition) is 5. The number of aromatic nitrogens is 1. The molecule has 0 spiro atoms. The molecule has 3 aromatic rings. The number of nitrogens with one attached hydrogen (secondary N) is 3. The molecule has 200 valence electrons. The number of carbonyl (C=O) groups excluding carboxylic acids is 1. The van der Waals surface area contributed by atoms with E-state index in [0.717, 1.165) is 31.4 Å². The topological polar surface area (TPSA) is 110 Å². The van der Waals surface area contributed by atoms with Crippen LogP contribution in [-0.2, 0) is 14.8 Å². The second-order valence-corrected chi connectivity index (χ2v) is 12.4. The number of amides is 1. The molecule has 0 radical (unpaired) electrons. The third-order valence-electron chi connectivity index (χ3n) is 5.82. The average Bonchev–Trinajstić information content (AvgIpc) is 3.17. The van der Waals surface area contributed by atoms with E-state index in [0.29, 0.717) is 27.4 Å². The van der Waals surface area contributed by atoms with Gasteiger partial charge in [0.25, 0.3) is 10.0 Å². The molecule has 3 N–H and O–H groups in total. The van der Waals surface area contributed by atoms with E-state index in [1.807, 2.05) is 0 Å². The number of aromatic amines is 1. The molecule has 2 atom stereocenters. The highest BCUT2D eigenvalue weighted by Crippen LogP contribution is 2.36. The van der Waals surface area contributed by atoms with Gasteiger partial charge in [-0.2, -0.15) is 0 Å². The first-order chi connectivity index (χ1) is 17.3. The summed E-state index contributed by atoms with van der Waals surface area (Å²) in [6, 6.07) is 6.44. The second-order valence-electron chi connectivity index (χ2n) is 9.93. The van der Waals surface area contributed by atoms with E-state index in [-0.39, 0.29) is 23.6 Å². The van der Waals surface area contributed by atoms with Crippen molar-refractivity contribution in [1.29, 1.82) is 0 Å². The summed E-state index contributed by atoms with van der Waals surface area (Å²) in [7, 11) is -4.27. The van der Waals surface area contributed by atoms with Crippen LogP contribution < -0.4 is 14.8 Å². The van der Waals surface area contributed by atoms with Crippen LogP contribution in [0.15, 0.2) is 41.4 Å². The third-order valence-corrected chi connectivity index (χ3v) is 7.84. The van der Waals surface area contributed by atoms with E-state index in [4.69, 9.17) is 32.7 Å². The summed E-state index contributed by atoms with van der Waals surface area (Å²) < 4.78 is 54.6. The Balaban J connectivity index is 1.44. The average molecular weight is 572 g/mol. The molecule has 1 saturated carbocycles. The first-order valence-electron chi connectivity index (χ1n) is 11.8. The molecule has 12 heteroatoms.